The maximum Gasteiger partial charge on any atom is 0.237 e. The average molecular weight is 528 g/mol. The molecular formula is C30H49N5O3. The Labute approximate surface area is 228 Å². The molecule has 4 unspecified atom stereocenters. The Morgan fingerprint density at radius 1 is 1.16 bits per heavy atom. The van der Waals surface area contributed by atoms with Gasteiger partial charge in [0.15, 0.2) is 0 Å². The fourth-order valence-corrected chi connectivity index (χ4v) is 6.18. The maximum atomic E-state index is 13.5. The van der Waals surface area contributed by atoms with E-state index in [9.17, 15) is 14.7 Å². The Balaban J connectivity index is 1.47. The first-order chi connectivity index (χ1) is 18.0. The molecular weight excluding hydrogens is 478 g/mol. The minimum Gasteiger partial charge on any atom is -0.390 e. The highest BCUT2D eigenvalue weighted by Gasteiger charge is 2.48. The first-order valence-corrected chi connectivity index (χ1v) is 14.6. The molecule has 0 spiro atoms. The smallest absolute Gasteiger partial charge is 0.237 e. The molecule has 3 aliphatic rings. The van der Waals surface area contributed by atoms with Crippen molar-refractivity contribution >= 4 is 11.8 Å². The van der Waals surface area contributed by atoms with E-state index in [1.807, 2.05) is 51.1 Å². The van der Waals surface area contributed by atoms with Gasteiger partial charge < -0.3 is 26.8 Å². The lowest BCUT2D eigenvalue weighted by Gasteiger charge is -2.52. The first kappa shape index (κ1) is 29.0. The Morgan fingerprint density at radius 2 is 1.89 bits per heavy atom. The number of fused-ring (bicyclic) bond motifs is 1. The van der Waals surface area contributed by atoms with Crippen molar-refractivity contribution in [2.45, 2.75) is 101 Å². The number of amides is 2. The molecule has 1 saturated heterocycles. The molecule has 2 saturated carbocycles. The number of hydrogen-bond donors (Lipinski definition) is 5. The third-order valence-electron chi connectivity index (χ3n) is 8.47. The van der Waals surface area contributed by atoms with Gasteiger partial charge >= 0.3 is 0 Å². The van der Waals surface area contributed by atoms with E-state index in [-0.39, 0.29) is 29.4 Å². The Morgan fingerprint density at radius 3 is 2.58 bits per heavy atom. The normalized spacial score (nSPS) is 27.7. The van der Waals surface area contributed by atoms with Crippen LogP contribution in [-0.2, 0) is 16.0 Å². The highest BCUT2D eigenvalue weighted by atomic mass is 16.3. The quantitative estimate of drug-likeness (QED) is 0.300. The van der Waals surface area contributed by atoms with Crippen LogP contribution < -0.4 is 21.7 Å². The zero-order chi connectivity index (χ0) is 27.3. The van der Waals surface area contributed by atoms with Crippen LogP contribution in [0.3, 0.4) is 0 Å². The summed E-state index contributed by atoms with van der Waals surface area (Å²) in [6.07, 6.45) is 6.98. The number of aliphatic hydroxyl groups is 1. The first-order valence-electron chi connectivity index (χ1n) is 14.6. The number of carbonyl (C=O) groups excluding carboxylic acids is 2. The highest BCUT2D eigenvalue weighted by Crippen LogP contribution is 2.40. The molecule has 0 bridgehead atoms. The molecule has 5 atom stereocenters. The summed E-state index contributed by atoms with van der Waals surface area (Å²) in [7, 11) is 0. The van der Waals surface area contributed by atoms with E-state index in [0.29, 0.717) is 37.8 Å². The summed E-state index contributed by atoms with van der Waals surface area (Å²) < 4.78 is 0. The predicted octanol–water partition coefficient (Wildman–Crippen LogP) is 1.95. The molecule has 8 heteroatoms. The lowest BCUT2D eigenvalue weighted by molar-refractivity contribution is -0.134. The molecule has 1 aromatic carbocycles. The van der Waals surface area contributed by atoms with Crippen molar-refractivity contribution in [2.24, 2.45) is 17.6 Å². The zero-order valence-electron chi connectivity index (χ0n) is 23.5. The van der Waals surface area contributed by atoms with Crippen LogP contribution in [0.4, 0.5) is 0 Å². The third-order valence-corrected chi connectivity index (χ3v) is 8.47. The summed E-state index contributed by atoms with van der Waals surface area (Å²) in [6.45, 7) is 8.05. The number of nitrogens with two attached hydrogens (primary N) is 1. The SMILES string of the molecule is CC(C)(C)NC(=O)C1C[C@]2(N)CCCCC2CN1CC(O)C(Cc1ccccc1)NC(=O)CNCC1CC1. The number of carbonyl (C=O) groups is 2. The van der Waals surface area contributed by atoms with Gasteiger partial charge in [0.05, 0.1) is 24.7 Å². The molecule has 0 aromatic heterocycles. The summed E-state index contributed by atoms with van der Waals surface area (Å²) >= 11 is 0. The minimum atomic E-state index is -0.832. The van der Waals surface area contributed by atoms with Crippen LogP contribution in [-0.4, -0.2) is 77.3 Å². The van der Waals surface area contributed by atoms with Crippen LogP contribution in [0.25, 0.3) is 0 Å². The molecule has 212 valence electrons. The van der Waals surface area contributed by atoms with Crippen LogP contribution in [0.15, 0.2) is 30.3 Å². The van der Waals surface area contributed by atoms with Crippen molar-refractivity contribution in [3.63, 3.8) is 0 Å². The van der Waals surface area contributed by atoms with Crippen LogP contribution in [0.1, 0.15) is 71.3 Å². The van der Waals surface area contributed by atoms with Gasteiger partial charge in [-0.25, -0.2) is 0 Å². The number of nitrogens with zero attached hydrogens (tertiary/aromatic N) is 1. The number of rotatable bonds is 11. The van der Waals surface area contributed by atoms with E-state index in [4.69, 9.17) is 5.73 Å². The van der Waals surface area contributed by atoms with Crippen LogP contribution in [0.2, 0.25) is 0 Å². The van der Waals surface area contributed by atoms with Gasteiger partial charge in [0.1, 0.15) is 0 Å². The molecule has 38 heavy (non-hydrogen) atoms. The number of piperidine rings is 1. The second kappa shape index (κ2) is 12.5. The predicted molar refractivity (Wildman–Crippen MR) is 150 cm³/mol. The van der Waals surface area contributed by atoms with E-state index in [0.717, 1.165) is 37.8 Å². The second-order valence-corrected chi connectivity index (χ2v) is 13.1. The lowest BCUT2D eigenvalue weighted by atomic mass is 9.67. The number of hydrogen-bond acceptors (Lipinski definition) is 6. The van der Waals surface area contributed by atoms with Crippen molar-refractivity contribution in [1.82, 2.24) is 20.9 Å². The van der Waals surface area contributed by atoms with Gasteiger partial charge in [-0.2, -0.15) is 0 Å². The molecule has 2 amide bonds. The van der Waals surface area contributed by atoms with E-state index in [1.165, 1.54) is 12.8 Å². The largest absolute Gasteiger partial charge is 0.390 e. The van der Waals surface area contributed by atoms with Gasteiger partial charge in [-0.3, -0.25) is 14.5 Å². The summed E-state index contributed by atoms with van der Waals surface area (Å²) in [5.41, 5.74) is 7.27. The van der Waals surface area contributed by atoms with E-state index in [2.05, 4.69) is 20.9 Å². The summed E-state index contributed by atoms with van der Waals surface area (Å²) in [6, 6.07) is 9.07. The van der Waals surface area contributed by atoms with Gasteiger partial charge in [-0.05, 0) is 83.2 Å². The summed E-state index contributed by atoms with van der Waals surface area (Å²) in [5.74, 6) is 0.847. The van der Waals surface area contributed by atoms with Crippen molar-refractivity contribution in [1.29, 1.82) is 0 Å². The highest BCUT2D eigenvalue weighted by molar-refractivity contribution is 5.82. The summed E-state index contributed by atoms with van der Waals surface area (Å²) in [5, 5.41) is 21.0. The monoisotopic (exact) mass is 527 g/mol. The van der Waals surface area contributed by atoms with Crippen LogP contribution in [0, 0.1) is 11.8 Å². The average Bonchev–Trinajstić information content (AvgIpc) is 3.67. The molecule has 1 aromatic rings. The van der Waals surface area contributed by atoms with Crippen LogP contribution in [0.5, 0.6) is 0 Å². The maximum absolute atomic E-state index is 13.5. The van der Waals surface area contributed by atoms with Crippen molar-refractivity contribution in [2.75, 3.05) is 26.2 Å². The molecule has 8 nitrogen and oxygen atoms in total. The van der Waals surface area contributed by atoms with Crippen molar-refractivity contribution < 1.29 is 14.7 Å². The molecule has 2 aliphatic carbocycles. The van der Waals surface area contributed by atoms with E-state index in [1.54, 1.807) is 0 Å². The molecule has 0 radical (unpaired) electrons. The van der Waals surface area contributed by atoms with Gasteiger partial charge in [-0.1, -0.05) is 43.2 Å². The van der Waals surface area contributed by atoms with Crippen molar-refractivity contribution in [3.05, 3.63) is 35.9 Å². The Kier molecular flexibility index (Phi) is 9.50. The van der Waals surface area contributed by atoms with Gasteiger partial charge in [-0.15, -0.1) is 0 Å². The Bertz CT molecular complexity index is 932. The zero-order valence-corrected chi connectivity index (χ0v) is 23.5. The van der Waals surface area contributed by atoms with Crippen molar-refractivity contribution in [3.8, 4) is 0 Å². The number of β-amino-alcohol motifs (C(OH)–C–C–N with tert-alkyl or cyclic N) is 1. The molecule has 1 aliphatic heterocycles. The summed E-state index contributed by atoms with van der Waals surface area (Å²) in [4.78, 5) is 28.4. The molecule has 4 rings (SSSR count). The van der Waals surface area contributed by atoms with Gasteiger partial charge in [0.2, 0.25) is 11.8 Å². The third kappa shape index (κ3) is 8.25. The van der Waals surface area contributed by atoms with Crippen LogP contribution >= 0.6 is 0 Å². The van der Waals surface area contributed by atoms with E-state index >= 15 is 0 Å². The number of nitrogens with one attached hydrogen (secondary N) is 3. The van der Waals surface area contributed by atoms with Gasteiger partial charge in [0.25, 0.3) is 0 Å². The van der Waals surface area contributed by atoms with E-state index < -0.39 is 18.2 Å². The number of benzene rings is 1. The van der Waals surface area contributed by atoms with Gasteiger partial charge in [0, 0.05) is 24.2 Å². The minimum absolute atomic E-state index is 0.0357. The fraction of sp³-hybridized carbons (Fsp3) is 0.733. The number of likely N-dealkylation sites (tertiary alicyclic amines) is 1. The molecule has 6 N–H and O–H groups in total. The fourth-order valence-electron chi connectivity index (χ4n) is 6.18. The Hall–Kier alpha value is -2.00. The standard InChI is InChI=1S/C30H49N5O3/c1-29(2,3)34-28(38)25-16-30(31)14-8-7-11-23(30)19-35(25)20-26(36)24(15-21-9-5-4-6-10-21)33-27(37)18-32-17-22-12-13-22/h4-6,9-10,22-26,32,36H,7-8,11-20,31H2,1-3H3,(H,33,37)(H,34,38)/t23?,24?,25?,26?,30-/m1/s1. The second-order valence-electron chi connectivity index (χ2n) is 13.1. The lowest BCUT2D eigenvalue weighted by Crippen LogP contribution is -2.67. The number of aliphatic hydroxyl groups excluding tert-OH is 1. The molecule has 1 heterocycles. The molecule has 3 fully saturated rings. The topological polar surface area (TPSA) is 120 Å².